The van der Waals surface area contributed by atoms with Crippen LogP contribution < -0.4 is 0 Å². The molecular weight excluding hydrogens is 176 g/mol. The molecule has 0 spiro atoms. The fourth-order valence-electron chi connectivity index (χ4n) is 1.35. The number of aryl methyl sites for hydroxylation is 1. The van der Waals surface area contributed by atoms with Crippen molar-refractivity contribution in [1.82, 2.24) is 0 Å². The van der Waals surface area contributed by atoms with Crippen LogP contribution in [-0.2, 0) is 6.42 Å². The molecule has 0 amide bonds. The Balaban J connectivity index is 2.33. The van der Waals surface area contributed by atoms with Crippen LogP contribution in [0.15, 0.2) is 41.8 Å². The van der Waals surface area contributed by atoms with Gasteiger partial charge in [0.05, 0.1) is 0 Å². The predicted octanol–water partition coefficient (Wildman–Crippen LogP) is 3.98. The summed E-state index contributed by atoms with van der Waals surface area (Å²) in [5.74, 6) is 0. The summed E-state index contributed by atoms with van der Waals surface area (Å²) in [6.07, 6.45) is 1.12. The third-order valence-corrected chi connectivity index (χ3v) is 3.09. The van der Waals surface area contributed by atoms with Crippen molar-refractivity contribution >= 4 is 11.3 Å². The van der Waals surface area contributed by atoms with Gasteiger partial charge in [-0.3, -0.25) is 0 Å². The Morgan fingerprint density at radius 1 is 1.08 bits per heavy atom. The van der Waals surface area contributed by atoms with Crippen LogP contribution in [0, 0.1) is 0 Å². The maximum Gasteiger partial charge on any atom is 0.0342 e. The van der Waals surface area contributed by atoms with Crippen LogP contribution in [0.1, 0.15) is 12.5 Å². The topological polar surface area (TPSA) is 0 Å². The molecule has 0 nitrogen and oxygen atoms in total. The summed E-state index contributed by atoms with van der Waals surface area (Å²) in [5.41, 5.74) is 2.73. The van der Waals surface area contributed by atoms with E-state index >= 15 is 0 Å². The van der Waals surface area contributed by atoms with Gasteiger partial charge in [0.25, 0.3) is 0 Å². The fraction of sp³-hybridized carbons (Fsp3) is 0.167. The van der Waals surface area contributed by atoms with Crippen LogP contribution in [0.25, 0.3) is 10.4 Å². The zero-order valence-corrected chi connectivity index (χ0v) is 8.47. The van der Waals surface area contributed by atoms with E-state index < -0.39 is 0 Å². The van der Waals surface area contributed by atoms with Gasteiger partial charge in [0.2, 0.25) is 0 Å². The second-order valence-electron chi connectivity index (χ2n) is 3.03. The normalized spacial score (nSPS) is 10.2. The number of hydrogen-bond acceptors (Lipinski definition) is 1. The Kier molecular flexibility index (Phi) is 2.46. The molecule has 1 aromatic carbocycles. The second-order valence-corrected chi connectivity index (χ2v) is 3.98. The highest BCUT2D eigenvalue weighted by Crippen LogP contribution is 2.24. The van der Waals surface area contributed by atoms with Crippen LogP contribution in [0.3, 0.4) is 0 Å². The van der Waals surface area contributed by atoms with E-state index in [1.165, 1.54) is 16.0 Å². The molecule has 1 heteroatoms. The molecule has 0 aliphatic carbocycles. The Bertz CT molecular complexity index is 357. The van der Waals surface area contributed by atoms with Crippen LogP contribution in [0.4, 0.5) is 0 Å². The summed E-state index contributed by atoms with van der Waals surface area (Å²) in [4.78, 5) is 1.35. The molecule has 2 aromatic rings. The van der Waals surface area contributed by atoms with Gasteiger partial charge in [-0.15, -0.1) is 11.3 Å². The van der Waals surface area contributed by atoms with E-state index in [4.69, 9.17) is 0 Å². The molecule has 0 fully saturated rings. The quantitative estimate of drug-likeness (QED) is 0.668. The largest absolute Gasteiger partial charge is 0.144 e. The molecule has 0 radical (unpaired) electrons. The summed E-state index contributed by atoms with van der Waals surface area (Å²) < 4.78 is 0. The van der Waals surface area contributed by atoms with E-state index in [9.17, 15) is 0 Å². The molecular formula is C12H12S. The highest BCUT2D eigenvalue weighted by molar-refractivity contribution is 7.13. The van der Waals surface area contributed by atoms with E-state index in [2.05, 4.69) is 48.7 Å². The van der Waals surface area contributed by atoms with Crippen LogP contribution in [0.5, 0.6) is 0 Å². The van der Waals surface area contributed by atoms with E-state index in [0.717, 1.165) is 6.42 Å². The molecule has 0 saturated carbocycles. The minimum atomic E-state index is 1.12. The molecule has 0 bridgehead atoms. The first-order valence-electron chi connectivity index (χ1n) is 4.53. The van der Waals surface area contributed by atoms with Crippen molar-refractivity contribution in [3.63, 3.8) is 0 Å². The van der Waals surface area contributed by atoms with Gasteiger partial charge in [0.15, 0.2) is 0 Å². The van der Waals surface area contributed by atoms with Crippen LogP contribution in [-0.4, -0.2) is 0 Å². The van der Waals surface area contributed by atoms with Crippen molar-refractivity contribution in [2.24, 2.45) is 0 Å². The molecule has 0 saturated heterocycles. The molecule has 1 heterocycles. The number of rotatable bonds is 2. The molecule has 66 valence electrons. The number of hydrogen-bond donors (Lipinski definition) is 0. The lowest BCUT2D eigenvalue weighted by Gasteiger charge is -1.99. The first-order chi connectivity index (χ1) is 6.40. The van der Waals surface area contributed by atoms with Crippen molar-refractivity contribution in [2.45, 2.75) is 13.3 Å². The highest BCUT2D eigenvalue weighted by atomic mass is 32.1. The third-order valence-electron chi connectivity index (χ3n) is 2.17. The van der Waals surface area contributed by atoms with E-state index in [0.29, 0.717) is 0 Å². The Hall–Kier alpha value is -1.08. The van der Waals surface area contributed by atoms with Gasteiger partial charge in [-0.2, -0.15) is 0 Å². The summed E-state index contributed by atoms with van der Waals surface area (Å²) in [7, 11) is 0. The molecule has 13 heavy (non-hydrogen) atoms. The lowest BCUT2D eigenvalue weighted by molar-refractivity contribution is 1.14. The van der Waals surface area contributed by atoms with Gasteiger partial charge in [0, 0.05) is 4.88 Å². The minimum absolute atomic E-state index is 1.12. The Labute approximate surface area is 82.9 Å². The van der Waals surface area contributed by atoms with Crippen molar-refractivity contribution in [1.29, 1.82) is 0 Å². The third kappa shape index (κ3) is 1.81. The highest BCUT2D eigenvalue weighted by Gasteiger charge is 1.96. The smallest absolute Gasteiger partial charge is 0.0342 e. The number of thiophene rings is 1. The van der Waals surface area contributed by atoms with Crippen molar-refractivity contribution in [3.8, 4) is 10.4 Å². The number of benzene rings is 1. The van der Waals surface area contributed by atoms with Gasteiger partial charge < -0.3 is 0 Å². The van der Waals surface area contributed by atoms with Gasteiger partial charge >= 0.3 is 0 Å². The summed E-state index contributed by atoms with van der Waals surface area (Å²) in [5, 5.41) is 2.11. The minimum Gasteiger partial charge on any atom is -0.144 e. The van der Waals surface area contributed by atoms with Crippen LogP contribution >= 0.6 is 11.3 Å². The van der Waals surface area contributed by atoms with E-state index in [1.54, 1.807) is 11.3 Å². The maximum absolute atomic E-state index is 2.20. The lowest BCUT2D eigenvalue weighted by Crippen LogP contribution is -1.78. The molecule has 0 unspecified atom stereocenters. The standard InChI is InChI=1S/C12H12S/c1-2-10-5-7-11(8-6-10)12-4-3-9-13-12/h3-9H,2H2,1H3. The molecule has 0 aliphatic heterocycles. The van der Waals surface area contributed by atoms with Gasteiger partial charge in [0.1, 0.15) is 0 Å². The first kappa shape index (κ1) is 8.52. The Morgan fingerprint density at radius 3 is 2.38 bits per heavy atom. The van der Waals surface area contributed by atoms with Crippen molar-refractivity contribution in [3.05, 3.63) is 47.3 Å². The maximum atomic E-state index is 2.20. The zero-order chi connectivity index (χ0) is 9.10. The predicted molar refractivity (Wildman–Crippen MR) is 59.1 cm³/mol. The van der Waals surface area contributed by atoms with Gasteiger partial charge in [-0.25, -0.2) is 0 Å². The average molecular weight is 188 g/mol. The summed E-state index contributed by atoms with van der Waals surface area (Å²) >= 11 is 1.79. The van der Waals surface area contributed by atoms with E-state index in [-0.39, 0.29) is 0 Å². The van der Waals surface area contributed by atoms with Crippen LogP contribution in [0.2, 0.25) is 0 Å². The molecule has 1 aromatic heterocycles. The molecule has 2 rings (SSSR count). The van der Waals surface area contributed by atoms with Crippen molar-refractivity contribution in [2.75, 3.05) is 0 Å². The van der Waals surface area contributed by atoms with Gasteiger partial charge in [-0.05, 0) is 29.0 Å². The second kappa shape index (κ2) is 3.75. The van der Waals surface area contributed by atoms with Gasteiger partial charge in [-0.1, -0.05) is 37.3 Å². The average Bonchev–Trinajstić information content (AvgIpc) is 2.71. The Morgan fingerprint density at radius 2 is 1.85 bits per heavy atom. The summed E-state index contributed by atoms with van der Waals surface area (Å²) in [6, 6.07) is 13.1. The molecule has 0 N–H and O–H groups in total. The lowest BCUT2D eigenvalue weighted by atomic mass is 10.1. The summed E-state index contributed by atoms with van der Waals surface area (Å²) in [6.45, 7) is 2.18. The van der Waals surface area contributed by atoms with Crippen molar-refractivity contribution < 1.29 is 0 Å². The fourth-order valence-corrected chi connectivity index (χ4v) is 2.08. The zero-order valence-electron chi connectivity index (χ0n) is 7.66. The molecule has 0 atom stereocenters. The SMILES string of the molecule is CCc1ccc(-c2cccs2)cc1. The molecule has 0 aliphatic rings. The van der Waals surface area contributed by atoms with E-state index in [1.807, 2.05) is 0 Å². The monoisotopic (exact) mass is 188 g/mol. The first-order valence-corrected chi connectivity index (χ1v) is 5.41.